The standard InChI is InChI=1S/C25H32FN3O7/c1-10(8-26)28-9-11-4-5-15(30)17-13(11)6-12-7-14-19(29(2)3)21(32)18(24(27)35)23(34)25(14,36)22(33)16(12)20(17)31/h4-5,10,12,14,16,18-19,21,28,30,32,36H,6-9H2,1-3H3,(H2,27,35)/t10?,12-,14-,16?,18?,19?,21?,25-/m1/s1. The molecule has 0 spiro atoms. The highest BCUT2D eigenvalue weighted by atomic mass is 19.1. The number of hydrogen-bond acceptors (Lipinski definition) is 9. The van der Waals surface area contributed by atoms with E-state index in [1.807, 2.05) is 0 Å². The molecule has 3 aliphatic rings. The summed E-state index contributed by atoms with van der Waals surface area (Å²) in [7, 11) is 3.18. The molecule has 1 amide bonds. The van der Waals surface area contributed by atoms with Gasteiger partial charge in [-0.25, -0.2) is 4.39 Å². The molecule has 0 aromatic heterocycles. The number of nitrogens with zero attached hydrogens (tertiary/aromatic N) is 1. The molecular formula is C25H32FN3O7. The maximum atomic E-state index is 13.8. The molecule has 0 radical (unpaired) electrons. The number of phenols is 1. The van der Waals surface area contributed by atoms with Crippen molar-refractivity contribution in [1.29, 1.82) is 0 Å². The van der Waals surface area contributed by atoms with Crippen LogP contribution in [-0.2, 0) is 27.3 Å². The number of aliphatic hydroxyl groups is 2. The molecule has 8 atom stereocenters. The number of carbonyl (C=O) groups excluding carboxylic acids is 4. The van der Waals surface area contributed by atoms with Gasteiger partial charge < -0.3 is 31.3 Å². The third-order valence-corrected chi connectivity index (χ3v) is 8.14. The van der Waals surface area contributed by atoms with E-state index in [4.69, 9.17) is 5.73 Å². The number of ketones is 3. The minimum absolute atomic E-state index is 0.0403. The van der Waals surface area contributed by atoms with Crippen molar-refractivity contribution in [3.8, 4) is 5.75 Å². The molecule has 2 fully saturated rings. The number of nitrogens with one attached hydrogen (secondary N) is 1. The summed E-state index contributed by atoms with van der Waals surface area (Å²) >= 11 is 0. The molecule has 1 aromatic carbocycles. The monoisotopic (exact) mass is 505 g/mol. The molecule has 0 saturated heterocycles. The molecular weight excluding hydrogens is 473 g/mol. The number of fused-ring (bicyclic) bond motifs is 3. The molecule has 0 heterocycles. The Labute approximate surface area is 207 Å². The van der Waals surface area contributed by atoms with Crippen LogP contribution in [-0.4, -0.2) is 88.0 Å². The smallest absolute Gasteiger partial charge is 0.230 e. The van der Waals surface area contributed by atoms with Crippen LogP contribution in [0.4, 0.5) is 4.39 Å². The van der Waals surface area contributed by atoms with Gasteiger partial charge in [0.2, 0.25) is 5.91 Å². The van der Waals surface area contributed by atoms with Gasteiger partial charge in [0.15, 0.2) is 23.0 Å². The maximum absolute atomic E-state index is 13.8. The van der Waals surface area contributed by atoms with Gasteiger partial charge in [-0.15, -0.1) is 0 Å². The van der Waals surface area contributed by atoms with Gasteiger partial charge in [0.25, 0.3) is 0 Å². The van der Waals surface area contributed by atoms with Gasteiger partial charge in [-0.2, -0.15) is 0 Å². The number of rotatable bonds is 6. The van der Waals surface area contributed by atoms with E-state index < -0.39 is 77.4 Å². The van der Waals surface area contributed by atoms with Crippen LogP contribution in [0.2, 0.25) is 0 Å². The lowest BCUT2D eigenvalue weighted by Gasteiger charge is -2.54. The lowest BCUT2D eigenvalue weighted by molar-refractivity contribution is -0.190. The molecule has 5 unspecified atom stereocenters. The van der Waals surface area contributed by atoms with Crippen molar-refractivity contribution in [1.82, 2.24) is 10.2 Å². The van der Waals surface area contributed by atoms with Crippen LogP contribution in [0.15, 0.2) is 12.1 Å². The number of aliphatic hydroxyl groups excluding tert-OH is 1. The van der Waals surface area contributed by atoms with E-state index >= 15 is 0 Å². The second-order valence-corrected chi connectivity index (χ2v) is 10.5. The Kier molecular flexibility index (Phi) is 6.80. The van der Waals surface area contributed by atoms with Gasteiger partial charge in [0, 0.05) is 24.5 Å². The molecule has 1 aromatic rings. The number of phenolic OH excluding ortho intramolecular Hbond substituents is 1. The number of alkyl halides is 1. The van der Waals surface area contributed by atoms with Crippen LogP contribution in [0, 0.1) is 23.7 Å². The van der Waals surface area contributed by atoms with E-state index in [1.54, 1.807) is 27.1 Å². The first-order valence-electron chi connectivity index (χ1n) is 12.0. The SMILES string of the molecule is CC(CF)NCc1ccc(O)c2c1C[C@@H]1C[C@@H]3C(N(C)C)C(O)C(C(N)=O)C(=O)[C@]3(O)C(=O)C1C2=O. The highest BCUT2D eigenvalue weighted by molar-refractivity contribution is 6.25. The topological polar surface area (TPSA) is 170 Å². The lowest BCUT2D eigenvalue weighted by Crippen LogP contribution is -2.75. The summed E-state index contributed by atoms with van der Waals surface area (Å²) < 4.78 is 13.0. The molecule has 0 aliphatic heterocycles. The summed E-state index contributed by atoms with van der Waals surface area (Å²) in [5, 5.41) is 36.0. The van der Waals surface area contributed by atoms with Gasteiger partial charge in [-0.3, -0.25) is 19.2 Å². The average Bonchev–Trinajstić information content (AvgIpc) is 2.80. The number of hydrogen-bond donors (Lipinski definition) is 5. The Morgan fingerprint density at radius 2 is 1.94 bits per heavy atom. The fraction of sp³-hybridized carbons (Fsp3) is 0.600. The van der Waals surface area contributed by atoms with Crippen LogP contribution in [0.25, 0.3) is 0 Å². The average molecular weight is 506 g/mol. The number of primary amides is 1. The van der Waals surface area contributed by atoms with Gasteiger partial charge in [0.1, 0.15) is 18.3 Å². The van der Waals surface area contributed by atoms with Gasteiger partial charge >= 0.3 is 0 Å². The Balaban J connectivity index is 1.80. The van der Waals surface area contributed by atoms with Gasteiger partial charge in [0.05, 0.1) is 17.6 Å². The molecule has 36 heavy (non-hydrogen) atoms. The van der Waals surface area contributed by atoms with Gasteiger partial charge in [-0.05, 0) is 57.0 Å². The first-order chi connectivity index (χ1) is 16.9. The molecule has 0 bridgehead atoms. The van der Waals surface area contributed by atoms with E-state index in [-0.39, 0.29) is 30.7 Å². The summed E-state index contributed by atoms with van der Waals surface area (Å²) in [5.41, 5.74) is 3.81. The third-order valence-electron chi connectivity index (χ3n) is 8.14. The van der Waals surface area contributed by atoms with Crippen LogP contribution >= 0.6 is 0 Å². The van der Waals surface area contributed by atoms with E-state index in [9.17, 15) is 38.9 Å². The summed E-state index contributed by atoms with van der Waals surface area (Å²) in [6.07, 6.45) is -1.31. The number of benzene rings is 1. The van der Waals surface area contributed by atoms with Crippen LogP contribution in [0.3, 0.4) is 0 Å². The number of halogens is 1. The van der Waals surface area contributed by atoms with E-state index in [0.717, 1.165) is 0 Å². The largest absolute Gasteiger partial charge is 0.507 e. The quantitative estimate of drug-likeness (QED) is 0.308. The van der Waals surface area contributed by atoms with Gasteiger partial charge in [-0.1, -0.05) is 6.07 Å². The Bertz CT molecular complexity index is 1130. The number of carbonyl (C=O) groups is 4. The molecule has 3 aliphatic carbocycles. The Hall–Kier alpha value is -2.73. The van der Waals surface area contributed by atoms with Crippen molar-refractivity contribution in [3.63, 3.8) is 0 Å². The Morgan fingerprint density at radius 1 is 1.28 bits per heavy atom. The molecule has 11 heteroatoms. The first kappa shape index (κ1) is 26.3. The predicted molar refractivity (Wildman–Crippen MR) is 125 cm³/mol. The normalized spacial score (nSPS) is 34.7. The fourth-order valence-electron chi connectivity index (χ4n) is 6.39. The summed E-state index contributed by atoms with van der Waals surface area (Å²) in [4.78, 5) is 54.3. The first-order valence-corrected chi connectivity index (χ1v) is 12.0. The molecule has 4 rings (SSSR count). The van der Waals surface area contributed by atoms with Crippen LogP contribution < -0.4 is 11.1 Å². The maximum Gasteiger partial charge on any atom is 0.230 e. The molecule has 6 N–H and O–H groups in total. The lowest BCUT2D eigenvalue weighted by atomic mass is 9.52. The second kappa shape index (κ2) is 9.29. The highest BCUT2D eigenvalue weighted by Crippen LogP contribution is 2.51. The van der Waals surface area contributed by atoms with Crippen molar-refractivity contribution < 1.29 is 38.9 Å². The predicted octanol–water partition coefficient (Wildman–Crippen LogP) is -0.894. The van der Waals surface area contributed by atoms with Crippen LogP contribution in [0.1, 0.15) is 34.8 Å². The zero-order valence-corrected chi connectivity index (χ0v) is 20.4. The van der Waals surface area contributed by atoms with E-state index in [2.05, 4.69) is 5.32 Å². The molecule has 196 valence electrons. The number of amides is 1. The van der Waals surface area contributed by atoms with E-state index in [0.29, 0.717) is 11.1 Å². The highest BCUT2D eigenvalue weighted by Gasteiger charge is 2.69. The third kappa shape index (κ3) is 3.76. The zero-order valence-electron chi connectivity index (χ0n) is 20.4. The summed E-state index contributed by atoms with van der Waals surface area (Å²) in [6.45, 7) is 1.31. The minimum atomic E-state index is -2.69. The summed E-state index contributed by atoms with van der Waals surface area (Å²) in [6, 6.07) is 1.57. The van der Waals surface area contributed by atoms with Crippen molar-refractivity contribution in [2.45, 2.75) is 50.1 Å². The van der Waals surface area contributed by atoms with Crippen molar-refractivity contribution in [3.05, 3.63) is 28.8 Å². The minimum Gasteiger partial charge on any atom is -0.507 e. The summed E-state index contributed by atoms with van der Waals surface area (Å²) in [5.74, 6) is -9.37. The number of Topliss-reactive ketones (excluding diaryl/α,β-unsaturated/α-hetero) is 3. The van der Waals surface area contributed by atoms with E-state index in [1.165, 1.54) is 11.0 Å². The van der Waals surface area contributed by atoms with Crippen molar-refractivity contribution in [2.24, 2.45) is 29.4 Å². The number of likely N-dealkylation sites (N-methyl/N-ethyl adjacent to an activating group) is 1. The number of aromatic hydroxyl groups is 1. The molecule has 2 saturated carbocycles. The Morgan fingerprint density at radius 3 is 2.53 bits per heavy atom. The second-order valence-electron chi connectivity index (χ2n) is 10.5. The number of nitrogens with two attached hydrogens (primary N) is 1. The van der Waals surface area contributed by atoms with Crippen molar-refractivity contribution >= 4 is 23.3 Å². The van der Waals surface area contributed by atoms with Crippen LogP contribution in [0.5, 0.6) is 5.75 Å². The fourth-order valence-corrected chi connectivity index (χ4v) is 6.39. The van der Waals surface area contributed by atoms with Crippen molar-refractivity contribution in [2.75, 3.05) is 20.8 Å². The zero-order chi connectivity index (χ0) is 26.7. The molecule has 10 nitrogen and oxygen atoms in total.